The number of hydrogen-bond acceptors (Lipinski definition) is 8. The van der Waals surface area contributed by atoms with Crippen molar-refractivity contribution in [1.29, 1.82) is 0 Å². The number of imidazole rings is 1. The van der Waals surface area contributed by atoms with Crippen molar-refractivity contribution in [2.75, 3.05) is 19.7 Å². The second kappa shape index (κ2) is 10.8. The predicted octanol–water partition coefficient (Wildman–Crippen LogP) is -2.69. The van der Waals surface area contributed by atoms with Crippen molar-refractivity contribution >= 4 is 11.8 Å². The van der Waals surface area contributed by atoms with Gasteiger partial charge in [-0.3, -0.25) is 23.9 Å². The highest BCUT2D eigenvalue weighted by atomic mass is 16.5. The summed E-state index contributed by atoms with van der Waals surface area (Å²) >= 11 is 0. The lowest BCUT2D eigenvalue weighted by Gasteiger charge is -2.15. The Morgan fingerprint density at radius 1 is 1.25 bits per heavy atom. The standard InChI is InChI=1S/C19H26N6O7/c26-9-14-13(27)6-17(32-14)25-8-11(18(30)24-19(25)31)1-2-15(28)21-3-4-22-16(29)5-12-7-20-10-23-12/h7-8,10,13-14,17,26-27H,1-6,9H2,(H,20,23)(H,21,28)(H,22,29)(H,24,30,31)/t13-,14+,17+/m0/s1. The highest BCUT2D eigenvalue weighted by Crippen LogP contribution is 2.27. The molecular formula is C19H26N6O7. The summed E-state index contributed by atoms with van der Waals surface area (Å²) in [5.41, 5.74) is -0.423. The highest BCUT2D eigenvalue weighted by Gasteiger charge is 2.35. The molecule has 2 aromatic heterocycles. The number of aromatic amines is 2. The molecule has 3 heterocycles. The van der Waals surface area contributed by atoms with E-state index in [0.29, 0.717) is 5.69 Å². The molecule has 3 atom stereocenters. The lowest BCUT2D eigenvalue weighted by molar-refractivity contribution is -0.122. The van der Waals surface area contributed by atoms with Gasteiger partial charge in [-0.05, 0) is 6.42 Å². The zero-order chi connectivity index (χ0) is 23.1. The van der Waals surface area contributed by atoms with E-state index in [2.05, 4.69) is 25.6 Å². The summed E-state index contributed by atoms with van der Waals surface area (Å²) in [4.78, 5) is 56.8. The molecule has 1 fully saturated rings. The van der Waals surface area contributed by atoms with E-state index in [0.717, 1.165) is 4.57 Å². The molecule has 0 aromatic carbocycles. The third-order valence-corrected chi connectivity index (χ3v) is 5.03. The summed E-state index contributed by atoms with van der Waals surface area (Å²) in [6.45, 7) is 0.0731. The molecule has 0 unspecified atom stereocenters. The van der Waals surface area contributed by atoms with E-state index in [1.54, 1.807) is 6.20 Å². The normalized spacial score (nSPS) is 20.2. The molecule has 0 saturated carbocycles. The van der Waals surface area contributed by atoms with Crippen molar-refractivity contribution in [3.05, 3.63) is 50.8 Å². The van der Waals surface area contributed by atoms with E-state index in [9.17, 15) is 29.4 Å². The van der Waals surface area contributed by atoms with Crippen LogP contribution in [0.2, 0.25) is 0 Å². The number of aromatic nitrogens is 4. The SMILES string of the molecule is O=C(CCc1cn([C@H]2C[C@H](O)[C@@H](CO)O2)c(=O)[nH]c1=O)NCCNC(=O)Cc1cnc[nH]1. The number of aliphatic hydroxyl groups excluding tert-OH is 2. The average Bonchev–Trinajstić information content (AvgIpc) is 3.39. The Kier molecular flexibility index (Phi) is 7.92. The summed E-state index contributed by atoms with van der Waals surface area (Å²) in [5.74, 6) is -0.530. The maximum absolute atomic E-state index is 12.1. The first-order valence-electron chi connectivity index (χ1n) is 10.2. The van der Waals surface area contributed by atoms with Crippen LogP contribution in [-0.4, -0.2) is 73.5 Å². The molecule has 6 N–H and O–H groups in total. The maximum Gasteiger partial charge on any atom is 0.330 e. The number of H-pyrrole nitrogens is 2. The monoisotopic (exact) mass is 450 g/mol. The number of amides is 2. The molecule has 174 valence electrons. The predicted molar refractivity (Wildman–Crippen MR) is 110 cm³/mol. The Morgan fingerprint density at radius 2 is 2.00 bits per heavy atom. The molecule has 0 bridgehead atoms. The molecule has 2 amide bonds. The Morgan fingerprint density at radius 3 is 2.66 bits per heavy atom. The van der Waals surface area contributed by atoms with Gasteiger partial charge >= 0.3 is 5.69 Å². The number of rotatable bonds is 10. The first-order valence-corrected chi connectivity index (χ1v) is 10.2. The van der Waals surface area contributed by atoms with Gasteiger partial charge in [0, 0.05) is 49.6 Å². The minimum atomic E-state index is -0.932. The second-order valence-electron chi connectivity index (χ2n) is 7.39. The van der Waals surface area contributed by atoms with Crippen LogP contribution in [0.25, 0.3) is 0 Å². The Balaban J connectivity index is 1.45. The summed E-state index contributed by atoms with van der Waals surface area (Å²) in [7, 11) is 0. The molecule has 3 rings (SSSR count). The van der Waals surface area contributed by atoms with Crippen molar-refractivity contribution in [2.24, 2.45) is 0 Å². The number of nitrogens with zero attached hydrogens (tertiary/aromatic N) is 2. The van der Waals surface area contributed by atoms with Crippen LogP contribution in [0.5, 0.6) is 0 Å². The minimum Gasteiger partial charge on any atom is -0.394 e. The Bertz CT molecular complexity index is 1030. The van der Waals surface area contributed by atoms with Crippen LogP contribution in [0.3, 0.4) is 0 Å². The topological polar surface area (TPSA) is 191 Å². The van der Waals surface area contributed by atoms with E-state index >= 15 is 0 Å². The molecule has 2 aromatic rings. The molecule has 1 aliphatic heterocycles. The van der Waals surface area contributed by atoms with Gasteiger partial charge in [0.05, 0.1) is 25.5 Å². The van der Waals surface area contributed by atoms with Crippen LogP contribution in [0.15, 0.2) is 28.3 Å². The number of ether oxygens (including phenoxy) is 1. The van der Waals surface area contributed by atoms with Gasteiger partial charge in [-0.1, -0.05) is 0 Å². The smallest absolute Gasteiger partial charge is 0.330 e. The first-order chi connectivity index (χ1) is 15.4. The number of nitrogens with one attached hydrogen (secondary N) is 4. The average molecular weight is 450 g/mol. The van der Waals surface area contributed by atoms with E-state index < -0.39 is 36.3 Å². The third kappa shape index (κ3) is 6.12. The molecule has 1 saturated heterocycles. The molecular weight excluding hydrogens is 424 g/mol. The zero-order valence-corrected chi connectivity index (χ0v) is 17.2. The Hall–Kier alpha value is -3.29. The van der Waals surface area contributed by atoms with Crippen LogP contribution in [0.4, 0.5) is 0 Å². The second-order valence-corrected chi connectivity index (χ2v) is 7.39. The van der Waals surface area contributed by atoms with Gasteiger partial charge in [0.2, 0.25) is 11.8 Å². The van der Waals surface area contributed by atoms with Gasteiger partial charge < -0.3 is 30.6 Å². The fourth-order valence-electron chi connectivity index (χ4n) is 3.33. The van der Waals surface area contributed by atoms with Crippen molar-refractivity contribution in [3.63, 3.8) is 0 Å². The summed E-state index contributed by atoms with van der Waals surface area (Å²) in [6, 6.07) is 0. The van der Waals surface area contributed by atoms with E-state index in [1.165, 1.54) is 12.5 Å². The largest absolute Gasteiger partial charge is 0.394 e. The van der Waals surface area contributed by atoms with Gasteiger partial charge in [0.15, 0.2) is 0 Å². The minimum absolute atomic E-state index is 0.00319. The van der Waals surface area contributed by atoms with Crippen LogP contribution < -0.4 is 21.9 Å². The van der Waals surface area contributed by atoms with Crippen LogP contribution in [-0.2, 0) is 27.2 Å². The van der Waals surface area contributed by atoms with Crippen LogP contribution >= 0.6 is 0 Å². The van der Waals surface area contributed by atoms with Gasteiger partial charge in [0.1, 0.15) is 12.3 Å². The van der Waals surface area contributed by atoms with E-state index in [-0.39, 0.29) is 56.2 Å². The lowest BCUT2D eigenvalue weighted by Crippen LogP contribution is -2.36. The molecule has 0 aliphatic carbocycles. The summed E-state index contributed by atoms with van der Waals surface area (Å²) < 4.78 is 6.59. The number of carbonyl (C=O) groups is 2. The molecule has 32 heavy (non-hydrogen) atoms. The lowest BCUT2D eigenvalue weighted by atomic mass is 10.1. The number of aryl methyl sites for hydroxylation is 1. The Labute approximate surface area is 181 Å². The molecule has 1 aliphatic rings. The van der Waals surface area contributed by atoms with Gasteiger partial charge in [-0.15, -0.1) is 0 Å². The van der Waals surface area contributed by atoms with Gasteiger partial charge in [-0.2, -0.15) is 0 Å². The quantitative estimate of drug-likeness (QED) is 0.211. The molecule has 0 spiro atoms. The fourth-order valence-corrected chi connectivity index (χ4v) is 3.33. The molecule has 0 radical (unpaired) electrons. The number of aliphatic hydroxyl groups is 2. The van der Waals surface area contributed by atoms with Crippen LogP contribution in [0.1, 0.15) is 30.3 Å². The highest BCUT2D eigenvalue weighted by molar-refractivity contribution is 5.78. The third-order valence-electron chi connectivity index (χ3n) is 5.03. The van der Waals surface area contributed by atoms with Crippen LogP contribution in [0, 0.1) is 0 Å². The zero-order valence-electron chi connectivity index (χ0n) is 17.2. The van der Waals surface area contributed by atoms with E-state index in [4.69, 9.17) is 4.74 Å². The van der Waals surface area contributed by atoms with Crippen molar-refractivity contribution in [1.82, 2.24) is 30.2 Å². The fraction of sp³-hybridized carbons (Fsp3) is 0.526. The molecule has 13 heteroatoms. The number of carbonyl (C=O) groups excluding carboxylic acids is 2. The van der Waals surface area contributed by atoms with Crippen molar-refractivity contribution in [2.45, 2.75) is 44.1 Å². The first kappa shape index (κ1) is 23.4. The summed E-state index contributed by atoms with van der Waals surface area (Å²) in [5, 5.41) is 24.4. The van der Waals surface area contributed by atoms with E-state index in [1.807, 2.05) is 0 Å². The van der Waals surface area contributed by atoms with Crippen molar-refractivity contribution in [3.8, 4) is 0 Å². The summed E-state index contributed by atoms with van der Waals surface area (Å²) in [6.07, 6.45) is 2.09. The molecule has 13 nitrogen and oxygen atoms in total. The number of hydrogen-bond donors (Lipinski definition) is 6. The van der Waals surface area contributed by atoms with Crippen molar-refractivity contribution < 1.29 is 24.5 Å². The maximum atomic E-state index is 12.1. The van der Waals surface area contributed by atoms with Gasteiger partial charge in [-0.25, -0.2) is 9.78 Å². The van der Waals surface area contributed by atoms with Gasteiger partial charge in [0.25, 0.3) is 5.56 Å².